The summed E-state index contributed by atoms with van der Waals surface area (Å²) in [4.78, 5) is 18.6. The van der Waals surface area contributed by atoms with Crippen molar-refractivity contribution in [3.05, 3.63) is 76.7 Å². The van der Waals surface area contributed by atoms with Gasteiger partial charge in [0.25, 0.3) is 11.8 Å². The van der Waals surface area contributed by atoms with E-state index in [0.29, 0.717) is 51.2 Å². The minimum Gasteiger partial charge on any atom is -0.383 e. The third-order valence-corrected chi connectivity index (χ3v) is 7.66. The van der Waals surface area contributed by atoms with E-state index in [2.05, 4.69) is 58.8 Å². The molecule has 12 heteroatoms. The molecule has 6 rings (SSSR count). The molecule has 2 aromatic carbocycles. The Morgan fingerprint density at radius 2 is 1.89 bits per heavy atom. The van der Waals surface area contributed by atoms with Crippen LogP contribution in [0.5, 0.6) is 0 Å². The zero-order valence-corrected chi connectivity index (χ0v) is 24.6. The topological polar surface area (TPSA) is 136 Å². The highest BCUT2D eigenvalue weighted by Crippen LogP contribution is 2.37. The number of carbonyl (C=O) groups excluding carboxylic acids is 1. The van der Waals surface area contributed by atoms with Gasteiger partial charge in [0.15, 0.2) is 0 Å². The van der Waals surface area contributed by atoms with Crippen molar-refractivity contribution in [1.29, 1.82) is 10.5 Å². The van der Waals surface area contributed by atoms with Gasteiger partial charge in [-0.15, -0.1) is 5.10 Å². The fraction of sp³-hybridized carbons (Fsp3) is 0.375. The quantitative estimate of drug-likeness (QED) is 0.267. The van der Waals surface area contributed by atoms with Crippen molar-refractivity contribution in [3.63, 3.8) is 0 Å². The second-order valence-corrected chi connectivity index (χ2v) is 12.7. The van der Waals surface area contributed by atoms with E-state index in [9.17, 15) is 24.1 Å². The molecule has 1 aliphatic heterocycles. The zero-order chi connectivity index (χ0) is 31.2. The van der Waals surface area contributed by atoms with E-state index in [-0.39, 0.29) is 17.0 Å². The monoisotopic (exact) mass is 595 g/mol. The van der Waals surface area contributed by atoms with Gasteiger partial charge in [-0.25, -0.2) is 13.5 Å². The number of halogens is 2. The van der Waals surface area contributed by atoms with Gasteiger partial charge < -0.3 is 15.5 Å². The molecular weight excluding hydrogens is 564 g/mol. The Morgan fingerprint density at radius 1 is 1.14 bits per heavy atom. The van der Waals surface area contributed by atoms with Crippen molar-refractivity contribution in [3.8, 4) is 12.1 Å². The van der Waals surface area contributed by atoms with Crippen molar-refractivity contribution in [2.24, 2.45) is 5.41 Å². The molecule has 1 amide bonds. The maximum absolute atomic E-state index is 13.5. The normalized spacial score (nSPS) is 16.5. The van der Waals surface area contributed by atoms with Crippen LogP contribution in [0.3, 0.4) is 0 Å². The first kappa shape index (κ1) is 29.0. The number of anilines is 2. The van der Waals surface area contributed by atoms with E-state index in [4.69, 9.17) is 0 Å². The number of alkyl halides is 2. The summed E-state index contributed by atoms with van der Waals surface area (Å²) < 4.78 is 28.8. The van der Waals surface area contributed by atoms with Crippen LogP contribution >= 0.6 is 0 Å². The van der Waals surface area contributed by atoms with Crippen LogP contribution < -0.4 is 10.6 Å². The molecule has 4 aromatic rings. The number of aromatic nitrogens is 4. The lowest BCUT2D eigenvalue weighted by molar-refractivity contribution is -0.113. The molecule has 224 valence electrons. The fourth-order valence-corrected chi connectivity index (χ4v) is 5.22. The predicted octanol–water partition coefficient (Wildman–Crippen LogP) is 5.66. The number of nitrogens with one attached hydrogen (secondary N) is 2. The van der Waals surface area contributed by atoms with E-state index in [1.807, 2.05) is 23.0 Å². The lowest BCUT2D eigenvalue weighted by Gasteiger charge is -2.38. The summed E-state index contributed by atoms with van der Waals surface area (Å²) in [7, 11) is 0. The highest BCUT2D eigenvalue weighted by atomic mass is 19.3. The molecule has 1 saturated heterocycles. The van der Waals surface area contributed by atoms with E-state index < -0.39 is 31.0 Å². The number of hydrogen-bond donors (Lipinski definition) is 2. The number of carbonyl (C=O) groups is 1. The van der Waals surface area contributed by atoms with Gasteiger partial charge in [0.2, 0.25) is 0 Å². The van der Waals surface area contributed by atoms with Gasteiger partial charge in [0.05, 0.1) is 53.7 Å². The zero-order valence-electron chi connectivity index (χ0n) is 24.6. The number of pyridine rings is 1. The van der Waals surface area contributed by atoms with Gasteiger partial charge in [0.1, 0.15) is 17.8 Å². The summed E-state index contributed by atoms with van der Waals surface area (Å²) in [5, 5.41) is 36.2. The van der Waals surface area contributed by atoms with Crippen LogP contribution in [0.15, 0.2) is 48.8 Å². The standard InChI is InChI=1S/C32H31F2N9O/c1-31(2,3)16-38-28-22(13-36)14-37-27-21(12-35)10-23(11-25(27)28)39-29(26-15-43(41-40-26)24-7-8-24)19-5-4-6-20(9-19)30(44)42-17-32(33,34)18-42/h4-6,9-11,14-15,24,29,39H,7-8,16-18H2,1-3H3,(H,37,38)/t29-/m0/s1. The van der Waals surface area contributed by atoms with Gasteiger partial charge in [-0.05, 0) is 48.1 Å². The van der Waals surface area contributed by atoms with Gasteiger partial charge in [0, 0.05) is 29.4 Å². The van der Waals surface area contributed by atoms with Crippen molar-refractivity contribution in [2.75, 3.05) is 30.3 Å². The van der Waals surface area contributed by atoms with Crippen LogP contribution in [0, 0.1) is 28.1 Å². The summed E-state index contributed by atoms with van der Waals surface area (Å²) in [5.74, 6) is -3.34. The largest absolute Gasteiger partial charge is 0.383 e. The Bertz CT molecular complexity index is 1840. The average molecular weight is 596 g/mol. The molecule has 3 heterocycles. The summed E-state index contributed by atoms with van der Waals surface area (Å²) in [6, 6.07) is 14.4. The number of nitriles is 2. The van der Waals surface area contributed by atoms with E-state index in [1.165, 1.54) is 6.20 Å². The number of likely N-dealkylation sites (tertiary alicyclic amines) is 1. The molecule has 1 atom stereocenters. The molecule has 10 nitrogen and oxygen atoms in total. The number of nitrogens with zero attached hydrogens (tertiary/aromatic N) is 7. The van der Waals surface area contributed by atoms with Crippen LogP contribution in [0.2, 0.25) is 0 Å². The first-order chi connectivity index (χ1) is 20.9. The van der Waals surface area contributed by atoms with Crippen molar-refractivity contribution in [2.45, 2.75) is 51.6 Å². The molecule has 1 saturated carbocycles. The van der Waals surface area contributed by atoms with Crippen molar-refractivity contribution >= 4 is 28.2 Å². The highest BCUT2D eigenvalue weighted by Gasteiger charge is 2.46. The molecule has 44 heavy (non-hydrogen) atoms. The van der Waals surface area contributed by atoms with Crippen molar-refractivity contribution < 1.29 is 13.6 Å². The molecule has 1 aliphatic carbocycles. The predicted molar refractivity (Wildman–Crippen MR) is 160 cm³/mol. The lowest BCUT2D eigenvalue weighted by atomic mass is 9.96. The third kappa shape index (κ3) is 5.88. The summed E-state index contributed by atoms with van der Waals surface area (Å²) in [6.07, 6.45) is 5.36. The first-order valence-corrected chi connectivity index (χ1v) is 14.4. The van der Waals surface area contributed by atoms with Crippen LogP contribution in [0.1, 0.15) is 78.4 Å². The maximum Gasteiger partial charge on any atom is 0.282 e. The summed E-state index contributed by atoms with van der Waals surface area (Å²) >= 11 is 0. The molecule has 2 fully saturated rings. The molecular formula is C32H31F2N9O. The Kier molecular flexibility index (Phi) is 7.16. The van der Waals surface area contributed by atoms with Crippen LogP contribution in [0.25, 0.3) is 10.9 Å². The summed E-state index contributed by atoms with van der Waals surface area (Å²) in [6.45, 7) is 5.60. The smallest absolute Gasteiger partial charge is 0.282 e. The SMILES string of the molecule is CC(C)(C)CNc1c(C#N)cnc2c(C#N)cc(N[C@@H](c3cccc(C(=O)N4CC(F)(F)C4)c3)c3cn(C4CC4)nn3)cc12. The van der Waals surface area contributed by atoms with Crippen LogP contribution in [0.4, 0.5) is 20.2 Å². The van der Waals surface area contributed by atoms with Gasteiger partial charge >= 0.3 is 0 Å². The highest BCUT2D eigenvalue weighted by molar-refractivity contribution is 5.99. The minimum absolute atomic E-state index is 0.0802. The summed E-state index contributed by atoms with van der Waals surface area (Å²) in [5.41, 5.74) is 3.74. The number of fused-ring (bicyclic) bond motifs is 1. The lowest BCUT2D eigenvalue weighted by Crippen LogP contribution is -2.58. The van der Waals surface area contributed by atoms with Gasteiger partial charge in [-0.2, -0.15) is 10.5 Å². The Balaban J connectivity index is 1.42. The Morgan fingerprint density at radius 3 is 2.55 bits per heavy atom. The van der Waals surface area contributed by atoms with Gasteiger partial charge in [-0.1, -0.05) is 38.1 Å². The van der Waals surface area contributed by atoms with Crippen molar-refractivity contribution in [1.82, 2.24) is 24.9 Å². The van der Waals surface area contributed by atoms with Gasteiger partial charge in [-0.3, -0.25) is 9.78 Å². The second-order valence-electron chi connectivity index (χ2n) is 12.7. The molecule has 2 aliphatic rings. The van der Waals surface area contributed by atoms with Crippen LogP contribution in [-0.4, -0.2) is 56.3 Å². The second kappa shape index (κ2) is 10.9. The molecule has 0 bridgehead atoms. The molecule has 0 radical (unpaired) electrons. The maximum atomic E-state index is 13.5. The number of hydrogen-bond acceptors (Lipinski definition) is 8. The first-order valence-electron chi connectivity index (χ1n) is 14.4. The van der Waals surface area contributed by atoms with E-state index in [0.717, 1.165) is 17.7 Å². The Hall–Kier alpha value is -5.10. The molecule has 2 N–H and O–H groups in total. The van der Waals surface area contributed by atoms with E-state index >= 15 is 0 Å². The Labute approximate surface area is 253 Å². The molecule has 2 aromatic heterocycles. The average Bonchev–Trinajstić information content (AvgIpc) is 3.72. The minimum atomic E-state index is -2.87. The molecule has 0 unspecified atom stereocenters. The van der Waals surface area contributed by atoms with Crippen LogP contribution in [-0.2, 0) is 0 Å². The van der Waals surface area contributed by atoms with E-state index in [1.54, 1.807) is 24.3 Å². The number of rotatable bonds is 8. The number of amides is 1. The molecule has 0 spiro atoms. The third-order valence-electron chi connectivity index (χ3n) is 7.66. The number of benzene rings is 2. The fourth-order valence-electron chi connectivity index (χ4n) is 5.22.